The highest BCUT2D eigenvalue weighted by Crippen LogP contribution is 2.16. The number of carbonyl (C=O) groups is 2. The zero-order valence-corrected chi connectivity index (χ0v) is 8.28. The molecule has 1 rings (SSSR count). The molecule has 1 atom stereocenters. The van der Waals surface area contributed by atoms with Crippen LogP contribution >= 0.6 is 0 Å². The fraction of sp³-hybridized carbons (Fsp3) is 0.273. The minimum Gasteiger partial charge on any atom is -0.398 e. The molecule has 0 bridgehead atoms. The minimum atomic E-state index is -0.611. The van der Waals surface area contributed by atoms with Gasteiger partial charge in [0.1, 0.15) is 5.78 Å². The Balaban J connectivity index is 3.01. The first-order chi connectivity index (χ1) is 6.54. The number of ketones is 2. The van der Waals surface area contributed by atoms with Crippen molar-refractivity contribution >= 4 is 17.3 Å². The van der Waals surface area contributed by atoms with Gasteiger partial charge in [-0.1, -0.05) is 12.1 Å². The summed E-state index contributed by atoms with van der Waals surface area (Å²) in [5.74, 6) is -0.964. The van der Waals surface area contributed by atoms with Gasteiger partial charge in [-0.25, -0.2) is 0 Å². The van der Waals surface area contributed by atoms with Crippen molar-refractivity contribution in [2.45, 2.75) is 13.8 Å². The second kappa shape index (κ2) is 4.05. The Morgan fingerprint density at radius 1 is 1.29 bits per heavy atom. The fourth-order valence-electron chi connectivity index (χ4n) is 1.14. The lowest BCUT2D eigenvalue weighted by Gasteiger charge is -2.08. The first kappa shape index (κ1) is 10.4. The highest BCUT2D eigenvalue weighted by molar-refractivity contribution is 6.12. The van der Waals surface area contributed by atoms with Gasteiger partial charge in [-0.05, 0) is 26.0 Å². The molecule has 2 N–H and O–H groups in total. The summed E-state index contributed by atoms with van der Waals surface area (Å²) in [6.07, 6.45) is 0. The van der Waals surface area contributed by atoms with Crippen LogP contribution in [-0.2, 0) is 4.79 Å². The van der Waals surface area contributed by atoms with Crippen LogP contribution in [0.4, 0.5) is 5.69 Å². The van der Waals surface area contributed by atoms with Gasteiger partial charge in [0, 0.05) is 11.3 Å². The zero-order chi connectivity index (χ0) is 10.7. The van der Waals surface area contributed by atoms with E-state index in [1.165, 1.54) is 6.92 Å². The minimum absolute atomic E-state index is 0.141. The predicted molar refractivity (Wildman–Crippen MR) is 55.0 cm³/mol. The lowest BCUT2D eigenvalue weighted by Crippen LogP contribution is -2.19. The van der Waals surface area contributed by atoms with Gasteiger partial charge in [0.25, 0.3) is 0 Å². The summed E-state index contributed by atoms with van der Waals surface area (Å²) in [6, 6.07) is 6.78. The van der Waals surface area contributed by atoms with Crippen molar-refractivity contribution in [3.63, 3.8) is 0 Å². The molecular formula is C11H13NO2. The molecule has 0 radical (unpaired) electrons. The van der Waals surface area contributed by atoms with E-state index in [0.717, 1.165) is 0 Å². The molecule has 3 heteroatoms. The van der Waals surface area contributed by atoms with Crippen molar-refractivity contribution < 1.29 is 9.59 Å². The van der Waals surface area contributed by atoms with E-state index >= 15 is 0 Å². The molecule has 0 heterocycles. The number of rotatable bonds is 3. The van der Waals surface area contributed by atoms with Crippen LogP contribution in [0.5, 0.6) is 0 Å². The molecule has 74 valence electrons. The van der Waals surface area contributed by atoms with E-state index in [4.69, 9.17) is 5.73 Å². The second-order valence-corrected chi connectivity index (χ2v) is 3.28. The fourth-order valence-corrected chi connectivity index (χ4v) is 1.14. The van der Waals surface area contributed by atoms with E-state index in [0.29, 0.717) is 11.3 Å². The predicted octanol–water partition coefficient (Wildman–Crippen LogP) is 1.68. The smallest absolute Gasteiger partial charge is 0.175 e. The number of Topliss-reactive ketones (excluding diaryl/α,β-unsaturated/α-hetero) is 2. The Bertz CT molecular complexity index is 371. The largest absolute Gasteiger partial charge is 0.398 e. The summed E-state index contributed by atoms with van der Waals surface area (Å²) in [6.45, 7) is 3.00. The summed E-state index contributed by atoms with van der Waals surface area (Å²) < 4.78 is 0. The van der Waals surface area contributed by atoms with E-state index in [9.17, 15) is 9.59 Å². The van der Waals surface area contributed by atoms with E-state index in [1.54, 1.807) is 31.2 Å². The van der Waals surface area contributed by atoms with Crippen molar-refractivity contribution in [2.24, 2.45) is 5.92 Å². The molecule has 0 fully saturated rings. The van der Waals surface area contributed by atoms with Crippen LogP contribution in [0, 0.1) is 5.92 Å². The van der Waals surface area contributed by atoms with Crippen molar-refractivity contribution in [3.05, 3.63) is 29.8 Å². The first-order valence-corrected chi connectivity index (χ1v) is 4.43. The number of benzene rings is 1. The maximum atomic E-state index is 11.7. The number of anilines is 1. The quantitative estimate of drug-likeness (QED) is 0.449. The maximum absolute atomic E-state index is 11.7. The van der Waals surface area contributed by atoms with E-state index in [-0.39, 0.29) is 11.6 Å². The van der Waals surface area contributed by atoms with Crippen LogP contribution in [0.25, 0.3) is 0 Å². The first-order valence-electron chi connectivity index (χ1n) is 4.43. The molecule has 1 aromatic carbocycles. The van der Waals surface area contributed by atoms with Crippen LogP contribution in [-0.4, -0.2) is 11.6 Å². The zero-order valence-electron chi connectivity index (χ0n) is 8.28. The summed E-state index contributed by atoms with van der Waals surface area (Å²) in [4.78, 5) is 22.7. The molecule has 0 saturated carbocycles. The summed E-state index contributed by atoms with van der Waals surface area (Å²) >= 11 is 0. The van der Waals surface area contributed by atoms with Gasteiger partial charge in [-0.15, -0.1) is 0 Å². The molecule has 1 unspecified atom stereocenters. The lowest BCUT2D eigenvalue weighted by atomic mass is 9.95. The van der Waals surface area contributed by atoms with Crippen LogP contribution in [0.15, 0.2) is 24.3 Å². The topological polar surface area (TPSA) is 60.2 Å². The Hall–Kier alpha value is -1.64. The van der Waals surface area contributed by atoms with Gasteiger partial charge in [-0.3, -0.25) is 9.59 Å². The van der Waals surface area contributed by atoms with Gasteiger partial charge in [0.15, 0.2) is 5.78 Å². The molecule has 0 aliphatic rings. The van der Waals surface area contributed by atoms with Gasteiger partial charge in [0.05, 0.1) is 5.92 Å². The maximum Gasteiger partial charge on any atom is 0.175 e. The van der Waals surface area contributed by atoms with Crippen molar-refractivity contribution in [1.29, 1.82) is 0 Å². The molecule has 1 aromatic rings. The van der Waals surface area contributed by atoms with E-state index < -0.39 is 5.92 Å². The van der Waals surface area contributed by atoms with Crippen LogP contribution in [0.3, 0.4) is 0 Å². The number of nitrogen functional groups attached to an aromatic ring is 1. The van der Waals surface area contributed by atoms with Crippen LogP contribution in [0.1, 0.15) is 24.2 Å². The summed E-state index contributed by atoms with van der Waals surface area (Å²) in [5.41, 5.74) is 6.48. The third-order valence-corrected chi connectivity index (χ3v) is 2.23. The number of nitrogens with two attached hydrogens (primary N) is 1. The molecule has 0 spiro atoms. The number of para-hydroxylation sites is 1. The monoisotopic (exact) mass is 191 g/mol. The van der Waals surface area contributed by atoms with Crippen molar-refractivity contribution in [1.82, 2.24) is 0 Å². The van der Waals surface area contributed by atoms with Gasteiger partial charge in [-0.2, -0.15) is 0 Å². The number of carbonyl (C=O) groups excluding carboxylic acids is 2. The average molecular weight is 191 g/mol. The number of hydrogen-bond donors (Lipinski definition) is 1. The standard InChI is InChI=1S/C11H13NO2/c1-7(8(2)13)11(14)9-5-3-4-6-10(9)12/h3-7H,12H2,1-2H3. The molecule has 0 saturated heterocycles. The van der Waals surface area contributed by atoms with Crippen molar-refractivity contribution in [2.75, 3.05) is 5.73 Å². The second-order valence-electron chi connectivity index (χ2n) is 3.28. The highest BCUT2D eigenvalue weighted by atomic mass is 16.1. The molecule has 3 nitrogen and oxygen atoms in total. The normalized spacial score (nSPS) is 12.1. The molecule has 0 aliphatic carbocycles. The van der Waals surface area contributed by atoms with Crippen LogP contribution < -0.4 is 5.73 Å². The lowest BCUT2D eigenvalue weighted by molar-refractivity contribution is -0.118. The molecular weight excluding hydrogens is 178 g/mol. The van der Waals surface area contributed by atoms with Gasteiger partial charge >= 0.3 is 0 Å². The van der Waals surface area contributed by atoms with Crippen molar-refractivity contribution in [3.8, 4) is 0 Å². The Kier molecular flexibility index (Phi) is 3.02. The third kappa shape index (κ3) is 1.99. The van der Waals surface area contributed by atoms with E-state index in [2.05, 4.69) is 0 Å². The highest BCUT2D eigenvalue weighted by Gasteiger charge is 2.20. The summed E-state index contributed by atoms with van der Waals surface area (Å²) in [5, 5.41) is 0. The number of hydrogen-bond acceptors (Lipinski definition) is 3. The van der Waals surface area contributed by atoms with Gasteiger partial charge < -0.3 is 5.73 Å². The molecule has 14 heavy (non-hydrogen) atoms. The Labute approximate surface area is 82.9 Å². The molecule has 0 amide bonds. The molecule has 0 aliphatic heterocycles. The SMILES string of the molecule is CC(=O)C(C)C(=O)c1ccccc1N. The average Bonchev–Trinajstić information content (AvgIpc) is 2.16. The summed E-state index contributed by atoms with van der Waals surface area (Å²) in [7, 11) is 0. The van der Waals surface area contributed by atoms with Gasteiger partial charge in [0.2, 0.25) is 0 Å². The van der Waals surface area contributed by atoms with E-state index in [1.807, 2.05) is 0 Å². The van der Waals surface area contributed by atoms with Crippen LogP contribution in [0.2, 0.25) is 0 Å². The Morgan fingerprint density at radius 2 is 1.86 bits per heavy atom. The third-order valence-electron chi connectivity index (χ3n) is 2.23. The molecule has 0 aromatic heterocycles. The Morgan fingerprint density at radius 3 is 2.36 bits per heavy atom.